The zero-order valence-corrected chi connectivity index (χ0v) is 12.1. The minimum atomic E-state index is -4.62. The summed E-state index contributed by atoms with van der Waals surface area (Å²) in [4.78, 5) is 0. The molecule has 0 aromatic heterocycles. The number of benzene rings is 1. The summed E-state index contributed by atoms with van der Waals surface area (Å²) in [5, 5.41) is 12.7. The number of hydrazone groups is 1. The van der Waals surface area contributed by atoms with Crippen molar-refractivity contribution in [2.75, 3.05) is 0 Å². The summed E-state index contributed by atoms with van der Waals surface area (Å²) >= 11 is 0. The summed E-state index contributed by atoms with van der Waals surface area (Å²) in [6.07, 6.45) is -5.67. The molecule has 0 unspecified atom stereocenters. The minimum absolute atomic E-state index is 0.0178. The van der Waals surface area contributed by atoms with E-state index in [0.29, 0.717) is 5.56 Å². The molecule has 3 rings (SSSR count). The molecule has 0 bridgehead atoms. The van der Waals surface area contributed by atoms with Gasteiger partial charge < -0.3 is 10.5 Å². The molecule has 0 saturated carbocycles. The second-order valence-corrected chi connectivity index (χ2v) is 5.47. The van der Waals surface area contributed by atoms with E-state index in [1.807, 2.05) is 13.0 Å². The van der Waals surface area contributed by atoms with Crippen LogP contribution < -0.4 is 11.2 Å². The summed E-state index contributed by atoms with van der Waals surface area (Å²) in [7, 11) is 0. The van der Waals surface area contributed by atoms with E-state index in [-0.39, 0.29) is 11.5 Å². The molecule has 5 nitrogen and oxygen atoms in total. The summed E-state index contributed by atoms with van der Waals surface area (Å²) < 4.78 is 45.0. The molecule has 2 heterocycles. The number of rotatable bonds is 1. The predicted molar refractivity (Wildman–Crippen MR) is 75.7 cm³/mol. The predicted octanol–water partition coefficient (Wildman–Crippen LogP) is 2.27. The van der Waals surface area contributed by atoms with E-state index in [2.05, 4.69) is 10.5 Å². The van der Waals surface area contributed by atoms with Gasteiger partial charge in [0.15, 0.2) is 11.9 Å². The van der Waals surface area contributed by atoms with Gasteiger partial charge >= 0.3 is 6.18 Å². The van der Waals surface area contributed by atoms with Crippen molar-refractivity contribution in [3.05, 3.63) is 46.8 Å². The van der Waals surface area contributed by atoms with Gasteiger partial charge in [0.05, 0.1) is 11.5 Å². The van der Waals surface area contributed by atoms with Crippen LogP contribution in [0.3, 0.4) is 0 Å². The topological polar surface area (TPSA) is 83.4 Å². The Hall–Kier alpha value is -2.69. The molecule has 23 heavy (non-hydrogen) atoms. The number of allylic oxidation sites excluding steroid dienone is 1. The Kier molecular flexibility index (Phi) is 3.43. The fourth-order valence-corrected chi connectivity index (χ4v) is 2.92. The zero-order valence-electron chi connectivity index (χ0n) is 12.1. The maximum Gasteiger partial charge on any atom is 0.431 e. The SMILES string of the molecule is Cc1ccc([C@H]2C(C#N)=C(N)O[C@@H]3NN=C(C(F)(F)F)[C@@H]23)cc1. The molecule has 120 valence electrons. The quantitative estimate of drug-likeness (QED) is 0.831. The lowest BCUT2D eigenvalue weighted by Crippen LogP contribution is -2.45. The van der Waals surface area contributed by atoms with E-state index in [9.17, 15) is 18.4 Å². The van der Waals surface area contributed by atoms with E-state index in [1.165, 1.54) is 0 Å². The molecule has 0 aliphatic carbocycles. The number of ether oxygens (including phenoxy) is 1. The Morgan fingerprint density at radius 1 is 1.30 bits per heavy atom. The molecular weight excluding hydrogens is 309 g/mol. The molecular formula is C15H13F3N4O. The minimum Gasteiger partial charge on any atom is -0.453 e. The van der Waals surface area contributed by atoms with Gasteiger partial charge in [0.1, 0.15) is 6.07 Å². The van der Waals surface area contributed by atoms with Gasteiger partial charge in [-0.3, -0.25) is 5.43 Å². The van der Waals surface area contributed by atoms with E-state index < -0.39 is 30.0 Å². The summed E-state index contributed by atoms with van der Waals surface area (Å²) in [5.74, 6) is -2.21. The maximum atomic E-state index is 13.3. The van der Waals surface area contributed by atoms with E-state index in [4.69, 9.17) is 10.5 Å². The number of halogens is 3. The molecule has 0 spiro atoms. The van der Waals surface area contributed by atoms with Gasteiger partial charge in [-0.15, -0.1) is 0 Å². The number of nitrogens with one attached hydrogen (secondary N) is 1. The summed E-state index contributed by atoms with van der Waals surface area (Å²) in [6, 6.07) is 8.82. The van der Waals surface area contributed by atoms with Crippen LogP contribution in [-0.2, 0) is 4.74 Å². The monoisotopic (exact) mass is 322 g/mol. The van der Waals surface area contributed by atoms with Crippen LogP contribution in [-0.4, -0.2) is 18.1 Å². The third-order valence-electron chi connectivity index (χ3n) is 3.99. The highest BCUT2D eigenvalue weighted by molar-refractivity contribution is 5.94. The Morgan fingerprint density at radius 2 is 1.96 bits per heavy atom. The van der Waals surface area contributed by atoms with Crippen LogP contribution >= 0.6 is 0 Å². The van der Waals surface area contributed by atoms with Crippen LogP contribution in [0.5, 0.6) is 0 Å². The van der Waals surface area contributed by atoms with Crippen LogP contribution in [0, 0.1) is 24.2 Å². The number of nitrogens with zero attached hydrogens (tertiary/aromatic N) is 2. The smallest absolute Gasteiger partial charge is 0.431 e. The lowest BCUT2D eigenvalue weighted by molar-refractivity contribution is -0.0661. The van der Waals surface area contributed by atoms with Crippen LogP contribution in [0.15, 0.2) is 40.8 Å². The first-order valence-corrected chi connectivity index (χ1v) is 6.86. The third-order valence-corrected chi connectivity index (χ3v) is 3.99. The van der Waals surface area contributed by atoms with Crippen molar-refractivity contribution in [1.29, 1.82) is 5.26 Å². The highest BCUT2D eigenvalue weighted by atomic mass is 19.4. The molecule has 2 aliphatic heterocycles. The number of aryl methyl sites for hydroxylation is 1. The lowest BCUT2D eigenvalue weighted by atomic mass is 9.76. The Bertz CT molecular complexity index is 731. The maximum absolute atomic E-state index is 13.3. The number of alkyl halides is 3. The summed E-state index contributed by atoms with van der Waals surface area (Å²) in [6.45, 7) is 1.87. The largest absolute Gasteiger partial charge is 0.453 e. The fourth-order valence-electron chi connectivity index (χ4n) is 2.92. The molecule has 0 saturated heterocycles. The number of hydrogen-bond acceptors (Lipinski definition) is 5. The second-order valence-electron chi connectivity index (χ2n) is 5.47. The Morgan fingerprint density at radius 3 is 2.52 bits per heavy atom. The molecule has 0 radical (unpaired) electrons. The van der Waals surface area contributed by atoms with Crippen LogP contribution in [0.1, 0.15) is 17.0 Å². The highest BCUT2D eigenvalue weighted by Crippen LogP contribution is 2.44. The van der Waals surface area contributed by atoms with E-state index in [1.54, 1.807) is 24.3 Å². The molecule has 8 heteroatoms. The second kappa shape index (κ2) is 5.19. The van der Waals surface area contributed by atoms with Gasteiger partial charge in [-0.2, -0.15) is 23.5 Å². The van der Waals surface area contributed by atoms with Gasteiger partial charge in [-0.1, -0.05) is 29.8 Å². The molecule has 0 amide bonds. The number of nitrogens with two attached hydrogens (primary N) is 1. The fraction of sp³-hybridized carbons (Fsp3) is 0.333. The standard InChI is InChI=1S/C15H13F3N4O/c1-7-2-4-8(5-3-7)10-9(6-19)13(20)23-14-11(10)12(21-22-14)15(16,17)18/h2-5,10-11,14,22H,20H2,1H3/t10-,11+,14-/m0/s1. The average molecular weight is 322 g/mol. The van der Waals surface area contributed by atoms with Crippen molar-refractivity contribution in [3.8, 4) is 6.07 Å². The van der Waals surface area contributed by atoms with Gasteiger partial charge in [0.25, 0.3) is 0 Å². The van der Waals surface area contributed by atoms with Crippen LogP contribution in [0.25, 0.3) is 0 Å². The van der Waals surface area contributed by atoms with Crippen molar-refractivity contribution in [1.82, 2.24) is 5.43 Å². The van der Waals surface area contributed by atoms with Crippen molar-refractivity contribution in [2.24, 2.45) is 16.8 Å². The molecule has 1 aromatic rings. The number of fused-ring (bicyclic) bond motifs is 1. The number of hydrogen-bond donors (Lipinski definition) is 2. The molecule has 0 fully saturated rings. The van der Waals surface area contributed by atoms with Gasteiger partial charge in [-0.25, -0.2) is 0 Å². The third kappa shape index (κ3) is 2.48. The highest BCUT2D eigenvalue weighted by Gasteiger charge is 2.55. The Balaban J connectivity index is 2.13. The normalized spacial score (nSPS) is 26.7. The first-order chi connectivity index (χ1) is 10.8. The van der Waals surface area contributed by atoms with Gasteiger partial charge in [0, 0.05) is 5.92 Å². The number of nitriles is 1. The molecule has 3 atom stereocenters. The summed E-state index contributed by atoms with van der Waals surface area (Å²) in [5.41, 5.74) is 8.56. The van der Waals surface area contributed by atoms with Crippen molar-refractivity contribution in [2.45, 2.75) is 25.2 Å². The molecule has 1 aromatic carbocycles. The van der Waals surface area contributed by atoms with Crippen LogP contribution in [0.4, 0.5) is 13.2 Å². The van der Waals surface area contributed by atoms with Gasteiger partial charge in [0.2, 0.25) is 5.88 Å². The first-order valence-electron chi connectivity index (χ1n) is 6.86. The van der Waals surface area contributed by atoms with Crippen molar-refractivity contribution >= 4 is 5.71 Å². The van der Waals surface area contributed by atoms with Crippen LogP contribution in [0.2, 0.25) is 0 Å². The lowest BCUT2D eigenvalue weighted by Gasteiger charge is -2.34. The Labute approximate surface area is 130 Å². The molecule has 2 aliphatic rings. The van der Waals surface area contributed by atoms with Crippen molar-refractivity contribution < 1.29 is 17.9 Å². The molecule has 3 N–H and O–H groups in total. The van der Waals surface area contributed by atoms with Gasteiger partial charge in [-0.05, 0) is 12.5 Å². The average Bonchev–Trinajstić information content (AvgIpc) is 2.90. The first kappa shape index (κ1) is 15.2. The zero-order chi connectivity index (χ0) is 16.8. The van der Waals surface area contributed by atoms with E-state index >= 15 is 0 Å². The van der Waals surface area contributed by atoms with E-state index in [0.717, 1.165) is 5.56 Å². The van der Waals surface area contributed by atoms with Crippen molar-refractivity contribution in [3.63, 3.8) is 0 Å².